The fraction of sp³-hybridized carbons (Fsp3) is 0.316. The standard InChI is InChI=1S/C19H21ClFN3OS/c20-17-10-15(6-7-18(17)21)23-19(26)22-11-16-13-24(8-9-25-16)12-14-4-2-1-3-5-14/h1-7,10,16H,8-9,11-13H2,(H2,22,23,26)/t16-/m0/s1. The number of ether oxygens (including phenoxy) is 1. The molecule has 0 spiro atoms. The van der Waals surface area contributed by atoms with Crippen molar-refractivity contribution in [3.05, 3.63) is 64.9 Å². The first-order valence-electron chi connectivity index (χ1n) is 8.48. The molecule has 1 aliphatic rings. The molecule has 0 unspecified atom stereocenters. The van der Waals surface area contributed by atoms with E-state index in [1.165, 1.54) is 17.7 Å². The third kappa shape index (κ3) is 5.64. The molecule has 1 fully saturated rings. The van der Waals surface area contributed by atoms with Crippen LogP contribution in [0.5, 0.6) is 0 Å². The molecule has 4 nitrogen and oxygen atoms in total. The monoisotopic (exact) mass is 393 g/mol. The van der Waals surface area contributed by atoms with E-state index in [-0.39, 0.29) is 11.1 Å². The maximum Gasteiger partial charge on any atom is 0.170 e. The number of anilines is 1. The second-order valence-corrected chi connectivity index (χ2v) is 6.99. The molecule has 3 rings (SSSR count). The largest absolute Gasteiger partial charge is 0.374 e. The van der Waals surface area contributed by atoms with Crippen LogP contribution in [-0.4, -0.2) is 42.4 Å². The van der Waals surface area contributed by atoms with Gasteiger partial charge in [0.1, 0.15) is 5.82 Å². The van der Waals surface area contributed by atoms with Gasteiger partial charge in [-0.15, -0.1) is 0 Å². The molecule has 1 atom stereocenters. The van der Waals surface area contributed by atoms with Crippen molar-refractivity contribution in [3.63, 3.8) is 0 Å². The zero-order chi connectivity index (χ0) is 18.4. The van der Waals surface area contributed by atoms with Crippen molar-refractivity contribution < 1.29 is 9.13 Å². The topological polar surface area (TPSA) is 36.5 Å². The SMILES string of the molecule is Fc1ccc(NC(=S)NC[C@H]2CN(Cc3ccccc3)CCO2)cc1Cl. The fourth-order valence-corrected chi connectivity index (χ4v) is 3.23. The van der Waals surface area contributed by atoms with Crippen LogP contribution < -0.4 is 10.6 Å². The van der Waals surface area contributed by atoms with Crippen molar-refractivity contribution in [1.29, 1.82) is 0 Å². The number of nitrogens with zero attached hydrogens (tertiary/aromatic N) is 1. The molecule has 1 saturated heterocycles. The number of hydrogen-bond donors (Lipinski definition) is 2. The highest BCUT2D eigenvalue weighted by Gasteiger charge is 2.20. The van der Waals surface area contributed by atoms with E-state index in [4.69, 9.17) is 28.6 Å². The average Bonchev–Trinajstić information content (AvgIpc) is 2.64. The molecule has 7 heteroatoms. The zero-order valence-electron chi connectivity index (χ0n) is 14.3. The Labute approximate surface area is 163 Å². The second-order valence-electron chi connectivity index (χ2n) is 6.18. The summed E-state index contributed by atoms with van der Waals surface area (Å²) in [7, 11) is 0. The minimum Gasteiger partial charge on any atom is -0.374 e. The predicted octanol–water partition coefficient (Wildman–Crippen LogP) is 3.67. The Kier molecular flexibility index (Phi) is 6.80. The molecule has 2 aromatic rings. The van der Waals surface area contributed by atoms with E-state index in [1.807, 2.05) is 6.07 Å². The maximum atomic E-state index is 13.2. The first-order valence-corrected chi connectivity index (χ1v) is 9.26. The second kappa shape index (κ2) is 9.28. The first-order chi connectivity index (χ1) is 12.6. The summed E-state index contributed by atoms with van der Waals surface area (Å²) in [6, 6.07) is 14.8. The van der Waals surface area contributed by atoms with Gasteiger partial charge in [0.15, 0.2) is 5.11 Å². The van der Waals surface area contributed by atoms with Crippen LogP contribution in [0.2, 0.25) is 5.02 Å². The molecule has 2 aromatic carbocycles. The van der Waals surface area contributed by atoms with Crippen molar-refractivity contribution in [3.8, 4) is 0 Å². The molecule has 0 amide bonds. The molecular weight excluding hydrogens is 373 g/mol. The smallest absolute Gasteiger partial charge is 0.170 e. The molecular formula is C19H21ClFN3OS. The van der Waals surface area contributed by atoms with E-state index in [1.54, 1.807) is 6.07 Å². The van der Waals surface area contributed by atoms with Gasteiger partial charge in [0.2, 0.25) is 0 Å². The number of thiocarbonyl (C=S) groups is 1. The molecule has 0 radical (unpaired) electrons. The fourth-order valence-electron chi connectivity index (χ4n) is 2.84. The van der Waals surface area contributed by atoms with Crippen LogP contribution in [0, 0.1) is 5.82 Å². The summed E-state index contributed by atoms with van der Waals surface area (Å²) in [6.07, 6.45) is 0.0593. The van der Waals surface area contributed by atoms with Crippen molar-refractivity contribution in [2.24, 2.45) is 0 Å². The van der Waals surface area contributed by atoms with E-state index < -0.39 is 5.82 Å². The summed E-state index contributed by atoms with van der Waals surface area (Å²) in [5.41, 5.74) is 1.94. The Hall–Kier alpha value is -1.73. The lowest BCUT2D eigenvalue weighted by Gasteiger charge is -2.33. The molecule has 1 aliphatic heterocycles. The molecule has 138 valence electrons. The van der Waals surface area contributed by atoms with E-state index in [2.05, 4.69) is 39.8 Å². The number of rotatable bonds is 5. The van der Waals surface area contributed by atoms with Gasteiger partial charge in [0, 0.05) is 31.9 Å². The van der Waals surface area contributed by atoms with Gasteiger partial charge in [0.25, 0.3) is 0 Å². The van der Waals surface area contributed by atoms with Crippen molar-refractivity contribution >= 4 is 34.6 Å². The van der Waals surface area contributed by atoms with Crippen molar-refractivity contribution in [2.75, 3.05) is 31.6 Å². The molecule has 1 heterocycles. The van der Waals surface area contributed by atoms with Crippen LogP contribution >= 0.6 is 23.8 Å². The van der Waals surface area contributed by atoms with Crippen molar-refractivity contribution in [1.82, 2.24) is 10.2 Å². The van der Waals surface area contributed by atoms with Gasteiger partial charge in [-0.3, -0.25) is 4.90 Å². The van der Waals surface area contributed by atoms with E-state index in [9.17, 15) is 4.39 Å². The Bertz CT molecular complexity index is 747. The molecule has 0 saturated carbocycles. The number of morpholine rings is 1. The molecule has 0 aromatic heterocycles. The quantitative estimate of drug-likeness (QED) is 0.758. The Morgan fingerprint density at radius 2 is 2.08 bits per heavy atom. The Morgan fingerprint density at radius 1 is 1.27 bits per heavy atom. The van der Waals surface area contributed by atoms with Crippen LogP contribution in [-0.2, 0) is 11.3 Å². The molecule has 0 bridgehead atoms. The van der Waals surface area contributed by atoms with Gasteiger partial charge in [0.05, 0.1) is 17.7 Å². The normalized spacial score (nSPS) is 17.7. The minimum atomic E-state index is -0.454. The number of halogens is 2. The lowest BCUT2D eigenvalue weighted by Crippen LogP contribution is -2.47. The Morgan fingerprint density at radius 3 is 2.85 bits per heavy atom. The predicted molar refractivity (Wildman–Crippen MR) is 107 cm³/mol. The van der Waals surface area contributed by atoms with E-state index in [0.717, 1.165) is 19.6 Å². The zero-order valence-corrected chi connectivity index (χ0v) is 15.8. The van der Waals surface area contributed by atoms with Gasteiger partial charge in [-0.1, -0.05) is 41.9 Å². The lowest BCUT2D eigenvalue weighted by molar-refractivity contribution is -0.0279. The van der Waals surface area contributed by atoms with Gasteiger partial charge in [-0.25, -0.2) is 4.39 Å². The van der Waals surface area contributed by atoms with Crippen LogP contribution in [0.25, 0.3) is 0 Å². The minimum absolute atomic E-state index is 0.0593. The summed E-state index contributed by atoms with van der Waals surface area (Å²) >= 11 is 11.1. The molecule has 2 N–H and O–H groups in total. The highest BCUT2D eigenvalue weighted by Crippen LogP contribution is 2.19. The van der Waals surface area contributed by atoms with Crippen molar-refractivity contribution in [2.45, 2.75) is 12.6 Å². The first kappa shape index (κ1) is 19.0. The highest BCUT2D eigenvalue weighted by atomic mass is 35.5. The van der Waals surface area contributed by atoms with E-state index >= 15 is 0 Å². The van der Waals surface area contributed by atoms with Gasteiger partial charge in [-0.05, 0) is 36.0 Å². The third-order valence-electron chi connectivity index (χ3n) is 4.14. The molecule has 26 heavy (non-hydrogen) atoms. The van der Waals surface area contributed by atoms with Crippen LogP contribution in [0.3, 0.4) is 0 Å². The maximum absolute atomic E-state index is 13.2. The highest BCUT2D eigenvalue weighted by molar-refractivity contribution is 7.80. The molecule has 0 aliphatic carbocycles. The van der Waals surface area contributed by atoms with Crippen LogP contribution in [0.4, 0.5) is 10.1 Å². The summed E-state index contributed by atoms with van der Waals surface area (Å²) < 4.78 is 19.0. The average molecular weight is 394 g/mol. The lowest BCUT2D eigenvalue weighted by atomic mass is 10.2. The summed E-state index contributed by atoms with van der Waals surface area (Å²) in [5.74, 6) is -0.454. The number of benzene rings is 2. The van der Waals surface area contributed by atoms with Gasteiger partial charge < -0.3 is 15.4 Å². The Balaban J connectivity index is 1.44. The summed E-state index contributed by atoms with van der Waals surface area (Å²) in [4.78, 5) is 2.38. The van der Waals surface area contributed by atoms with Crippen LogP contribution in [0.1, 0.15) is 5.56 Å². The van der Waals surface area contributed by atoms with Gasteiger partial charge in [-0.2, -0.15) is 0 Å². The number of nitrogens with one attached hydrogen (secondary N) is 2. The van der Waals surface area contributed by atoms with Gasteiger partial charge >= 0.3 is 0 Å². The third-order valence-corrected chi connectivity index (χ3v) is 4.68. The number of hydrogen-bond acceptors (Lipinski definition) is 3. The van der Waals surface area contributed by atoms with Crippen LogP contribution in [0.15, 0.2) is 48.5 Å². The van der Waals surface area contributed by atoms with E-state index in [0.29, 0.717) is 24.0 Å². The summed E-state index contributed by atoms with van der Waals surface area (Å²) in [6.45, 7) is 3.98. The summed E-state index contributed by atoms with van der Waals surface area (Å²) in [5, 5.41) is 6.67.